The Hall–Kier alpha value is -2.15. The van der Waals surface area contributed by atoms with Crippen molar-refractivity contribution in [3.63, 3.8) is 0 Å². The maximum atomic E-state index is 12.2. The number of aryl methyl sites for hydroxylation is 3. The summed E-state index contributed by atoms with van der Waals surface area (Å²) in [6, 6.07) is 8.84. The molecule has 0 aliphatic carbocycles. The summed E-state index contributed by atoms with van der Waals surface area (Å²) in [7, 11) is 0. The highest BCUT2D eigenvalue weighted by molar-refractivity contribution is 6.41. The van der Waals surface area contributed by atoms with Gasteiger partial charge in [0, 0.05) is 13.1 Å². The first-order valence-corrected chi connectivity index (χ1v) is 10.1. The fourth-order valence-corrected chi connectivity index (χ4v) is 3.39. The number of halogens is 3. The van der Waals surface area contributed by atoms with Gasteiger partial charge in [-0.2, -0.15) is 5.10 Å². The molecule has 29 heavy (non-hydrogen) atoms. The second-order valence-corrected chi connectivity index (χ2v) is 7.61. The van der Waals surface area contributed by atoms with E-state index in [0.29, 0.717) is 51.9 Å². The van der Waals surface area contributed by atoms with E-state index >= 15 is 0 Å². The van der Waals surface area contributed by atoms with Crippen molar-refractivity contribution in [2.45, 2.75) is 33.4 Å². The fourth-order valence-electron chi connectivity index (χ4n) is 2.72. The number of nitrogens with one attached hydrogen (secondary N) is 1. The molecule has 1 amide bonds. The van der Waals surface area contributed by atoms with Crippen LogP contribution in [-0.2, 0) is 13.2 Å². The highest BCUT2D eigenvalue weighted by atomic mass is 35.5. The van der Waals surface area contributed by atoms with Gasteiger partial charge in [0.25, 0.3) is 5.91 Å². The van der Waals surface area contributed by atoms with Crippen molar-refractivity contribution in [2.75, 3.05) is 6.54 Å². The number of para-hydroxylation sites is 1. The summed E-state index contributed by atoms with van der Waals surface area (Å²) in [5, 5.41) is 8.43. The molecule has 154 valence electrons. The van der Waals surface area contributed by atoms with Crippen LogP contribution in [0, 0.1) is 13.8 Å². The molecule has 0 saturated carbocycles. The van der Waals surface area contributed by atoms with Crippen LogP contribution in [-0.4, -0.2) is 22.2 Å². The molecular formula is C20H20Cl3N3O3. The number of amides is 1. The smallest absolute Gasteiger partial charge is 0.286 e. The first-order chi connectivity index (χ1) is 13.9. The third kappa shape index (κ3) is 5.26. The van der Waals surface area contributed by atoms with Gasteiger partial charge in [-0.1, -0.05) is 46.9 Å². The van der Waals surface area contributed by atoms with Gasteiger partial charge < -0.3 is 14.5 Å². The molecule has 0 saturated heterocycles. The van der Waals surface area contributed by atoms with Crippen LogP contribution in [0.2, 0.25) is 15.2 Å². The topological polar surface area (TPSA) is 69.3 Å². The average Bonchev–Trinajstić information content (AvgIpc) is 3.26. The van der Waals surface area contributed by atoms with E-state index in [4.69, 9.17) is 44.0 Å². The quantitative estimate of drug-likeness (QED) is 0.457. The van der Waals surface area contributed by atoms with Crippen LogP contribution in [0.1, 0.15) is 34.0 Å². The van der Waals surface area contributed by atoms with Crippen LogP contribution in [0.4, 0.5) is 0 Å². The van der Waals surface area contributed by atoms with E-state index < -0.39 is 0 Å². The third-order valence-electron chi connectivity index (χ3n) is 4.24. The minimum Gasteiger partial charge on any atom is -0.484 e. The summed E-state index contributed by atoms with van der Waals surface area (Å²) in [6.45, 7) is 4.86. The summed E-state index contributed by atoms with van der Waals surface area (Å²) < 4.78 is 12.9. The van der Waals surface area contributed by atoms with Crippen LogP contribution in [0.3, 0.4) is 0 Å². The second-order valence-electron chi connectivity index (χ2n) is 6.46. The summed E-state index contributed by atoms with van der Waals surface area (Å²) in [5.41, 5.74) is 1.61. The normalized spacial score (nSPS) is 10.9. The Morgan fingerprint density at radius 2 is 2.00 bits per heavy atom. The van der Waals surface area contributed by atoms with Crippen LogP contribution >= 0.6 is 34.8 Å². The number of nitrogens with zero attached hydrogens (tertiary/aromatic N) is 2. The monoisotopic (exact) mass is 455 g/mol. The van der Waals surface area contributed by atoms with Crippen LogP contribution in [0.15, 0.2) is 34.7 Å². The molecule has 1 N–H and O–H groups in total. The van der Waals surface area contributed by atoms with Gasteiger partial charge in [0.1, 0.15) is 28.3 Å². The molecule has 2 heterocycles. The van der Waals surface area contributed by atoms with Crippen molar-refractivity contribution in [3.8, 4) is 5.75 Å². The fraction of sp³-hybridized carbons (Fsp3) is 0.300. The van der Waals surface area contributed by atoms with Gasteiger partial charge in [-0.25, -0.2) is 0 Å². The number of hydrogen-bond donors (Lipinski definition) is 1. The zero-order valence-electron chi connectivity index (χ0n) is 16.0. The maximum Gasteiger partial charge on any atom is 0.286 e. The van der Waals surface area contributed by atoms with Crippen molar-refractivity contribution in [2.24, 2.45) is 0 Å². The lowest BCUT2D eigenvalue weighted by molar-refractivity contribution is 0.0920. The molecule has 0 aliphatic rings. The minimum absolute atomic E-state index is 0.176. The first kappa shape index (κ1) is 21.6. The highest BCUT2D eigenvalue weighted by Gasteiger charge is 2.13. The van der Waals surface area contributed by atoms with E-state index in [1.807, 2.05) is 19.1 Å². The van der Waals surface area contributed by atoms with Crippen molar-refractivity contribution in [1.82, 2.24) is 15.1 Å². The molecular weight excluding hydrogens is 437 g/mol. The van der Waals surface area contributed by atoms with Crippen molar-refractivity contribution < 1.29 is 13.9 Å². The molecule has 0 radical (unpaired) electrons. The third-order valence-corrected chi connectivity index (χ3v) is 5.47. The predicted molar refractivity (Wildman–Crippen MR) is 113 cm³/mol. The molecule has 0 aliphatic heterocycles. The zero-order valence-corrected chi connectivity index (χ0v) is 18.2. The van der Waals surface area contributed by atoms with Gasteiger partial charge in [0.05, 0.1) is 10.7 Å². The molecule has 6 nitrogen and oxygen atoms in total. The van der Waals surface area contributed by atoms with E-state index in [1.54, 1.807) is 29.8 Å². The zero-order chi connectivity index (χ0) is 21.0. The van der Waals surface area contributed by atoms with Gasteiger partial charge in [-0.05, 0) is 44.0 Å². The van der Waals surface area contributed by atoms with Crippen LogP contribution < -0.4 is 10.1 Å². The highest BCUT2D eigenvalue weighted by Crippen LogP contribution is 2.29. The largest absolute Gasteiger partial charge is 0.484 e. The van der Waals surface area contributed by atoms with Gasteiger partial charge in [-0.15, -0.1) is 0 Å². The average molecular weight is 457 g/mol. The SMILES string of the molecule is Cc1cccc(Cl)c1OCc1ccc(C(=O)NCCCn2nc(C)c(Cl)c2Cl)o1. The minimum atomic E-state index is -0.300. The Morgan fingerprint density at radius 3 is 2.69 bits per heavy atom. The molecule has 1 aromatic carbocycles. The van der Waals surface area contributed by atoms with Crippen molar-refractivity contribution in [3.05, 3.63) is 68.3 Å². The van der Waals surface area contributed by atoms with Crippen molar-refractivity contribution >= 4 is 40.7 Å². The number of carbonyl (C=O) groups is 1. The molecule has 0 unspecified atom stereocenters. The van der Waals surface area contributed by atoms with Gasteiger partial charge in [0.2, 0.25) is 0 Å². The number of furan rings is 1. The van der Waals surface area contributed by atoms with E-state index in [0.717, 1.165) is 5.56 Å². The number of aromatic nitrogens is 2. The maximum absolute atomic E-state index is 12.2. The summed E-state index contributed by atoms with van der Waals surface area (Å²) in [6.07, 6.45) is 0.644. The van der Waals surface area contributed by atoms with Crippen molar-refractivity contribution in [1.29, 1.82) is 0 Å². The lowest BCUT2D eigenvalue weighted by atomic mass is 10.2. The summed E-state index contributed by atoms with van der Waals surface area (Å²) >= 11 is 18.2. The lowest BCUT2D eigenvalue weighted by Crippen LogP contribution is -2.25. The molecule has 0 atom stereocenters. The second kappa shape index (κ2) is 9.57. The van der Waals surface area contributed by atoms with Gasteiger partial charge in [-0.3, -0.25) is 9.48 Å². The van der Waals surface area contributed by atoms with Gasteiger partial charge >= 0.3 is 0 Å². The molecule has 0 spiro atoms. The first-order valence-electron chi connectivity index (χ1n) is 9.00. The van der Waals surface area contributed by atoms with E-state index in [9.17, 15) is 4.79 Å². The van der Waals surface area contributed by atoms with E-state index in [2.05, 4.69) is 10.4 Å². The van der Waals surface area contributed by atoms with Crippen LogP contribution in [0.5, 0.6) is 5.75 Å². The van der Waals surface area contributed by atoms with Crippen LogP contribution in [0.25, 0.3) is 0 Å². The Kier molecular flexibility index (Phi) is 7.11. The van der Waals surface area contributed by atoms with Gasteiger partial charge in [0.15, 0.2) is 5.76 Å². The molecule has 3 rings (SSSR count). The summed E-state index contributed by atoms with van der Waals surface area (Å²) in [4.78, 5) is 12.2. The molecule has 0 bridgehead atoms. The molecule has 2 aromatic heterocycles. The molecule has 3 aromatic rings. The lowest BCUT2D eigenvalue weighted by Gasteiger charge is -2.09. The number of benzene rings is 1. The number of carbonyl (C=O) groups excluding carboxylic acids is 1. The standard InChI is InChI=1S/C20H20Cl3N3O3/c1-12-5-3-6-15(21)18(12)28-11-14-7-8-16(29-14)20(27)24-9-4-10-26-19(23)17(22)13(2)25-26/h3,5-8H,4,9-11H2,1-2H3,(H,24,27). The number of rotatable bonds is 8. The molecule has 9 heteroatoms. The Labute approximate surface area is 183 Å². The number of hydrogen-bond acceptors (Lipinski definition) is 4. The summed E-state index contributed by atoms with van der Waals surface area (Å²) in [5.74, 6) is 1.05. The Bertz CT molecular complexity index is 994. The van der Waals surface area contributed by atoms with E-state index in [-0.39, 0.29) is 18.3 Å². The Morgan fingerprint density at radius 1 is 1.21 bits per heavy atom. The molecule has 0 fully saturated rings. The predicted octanol–water partition coefficient (Wildman–Crippen LogP) is 5.45. The van der Waals surface area contributed by atoms with E-state index in [1.165, 1.54) is 0 Å². The number of ether oxygens (including phenoxy) is 1. The Balaban J connectivity index is 1.47.